The van der Waals surface area contributed by atoms with Gasteiger partial charge < -0.3 is 20.1 Å². The molecule has 2 aliphatic rings. The summed E-state index contributed by atoms with van der Waals surface area (Å²) in [7, 11) is 0. The molecule has 0 spiro atoms. The minimum atomic E-state index is -0.00467. The molecule has 1 aromatic rings. The van der Waals surface area contributed by atoms with Gasteiger partial charge in [0.1, 0.15) is 0 Å². The Bertz CT molecular complexity index is 535. The number of rotatable bonds is 4. The molecule has 0 unspecified atom stereocenters. The van der Waals surface area contributed by atoms with Crippen LogP contribution in [0.5, 0.6) is 5.88 Å². The summed E-state index contributed by atoms with van der Waals surface area (Å²) in [5, 5.41) is 14.3. The van der Waals surface area contributed by atoms with Gasteiger partial charge in [0, 0.05) is 19.1 Å². The minimum absolute atomic E-state index is 0.00467. The molecule has 1 aliphatic carbocycles. The van der Waals surface area contributed by atoms with Crippen molar-refractivity contribution in [3.05, 3.63) is 4.88 Å². The summed E-state index contributed by atoms with van der Waals surface area (Å²) in [6.07, 6.45) is 8.98. The average Bonchev–Trinajstić information content (AvgIpc) is 2.90. The molecule has 2 fully saturated rings. The molecule has 0 aromatic carbocycles. The molecule has 134 valence electrons. The van der Waals surface area contributed by atoms with E-state index in [1.165, 1.54) is 43.4 Å². The van der Waals surface area contributed by atoms with Gasteiger partial charge in [0.2, 0.25) is 11.8 Å². The van der Waals surface area contributed by atoms with Gasteiger partial charge in [-0.2, -0.15) is 4.98 Å². The third kappa shape index (κ3) is 4.83. The van der Waals surface area contributed by atoms with Crippen molar-refractivity contribution in [2.45, 2.75) is 57.4 Å². The SMILES string of the molecule is O=C(Cc1sc(NC2CCCCCCC2)nc1O)N1CCOCC1. The molecular weight excluding hydrogens is 326 g/mol. The Morgan fingerprint density at radius 1 is 1.21 bits per heavy atom. The quantitative estimate of drug-likeness (QED) is 0.871. The molecule has 1 amide bonds. The summed E-state index contributed by atoms with van der Waals surface area (Å²) >= 11 is 1.41. The number of aromatic nitrogens is 1. The van der Waals surface area contributed by atoms with Gasteiger partial charge in [0.15, 0.2) is 5.13 Å². The van der Waals surface area contributed by atoms with Crippen LogP contribution in [0.4, 0.5) is 5.13 Å². The molecule has 1 aliphatic heterocycles. The first-order valence-electron chi connectivity index (χ1n) is 9.03. The number of carbonyl (C=O) groups is 1. The second kappa shape index (κ2) is 8.67. The summed E-state index contributed by atoms with van der Waals surface area (Å²) in [6, 6.07) is 0.429. The zero-order valence-electron chi connectivity index (χ0n) is 14.1. The lowest BCUT2D eigenvalue weighted by Crippen LogP contribution is -2.41. The van der Waals surface area contributed by atoms with Gasteiger partial charge in [-0.1, -0.05) is 43.4 Å². The number of thiazole rings is 1. The number of anilines is 1. The predicted octanol–water partition coefficient (Wildman–Crippen LogP) is 2.77. The fraction of sp³-hybridized carbons (Fsp3) is 0.765. The summed E-state index contributed by atoms with van der Waals surface area (Å²) in [5.74, 6) is 0.0321. The topological polar surface area (TPSA) is 74.7 Å². The van der Waals surface area contributed by atoms with Crippen molar-refractivity contribution in [1.29, 1.82) is 0 Å². The largest absolute Gasteiger partial charge is 0.492 e. The van der Waals surface area contributed by atoms with Crippen molar-refractivity contribution < 1.29 is 14.6 Å². The molecule has 0 bridgehead atoms. The van der Waals surface area contributed by atoms with E-state index in [2.05, 4.69) is 10.3 Å². The predicted molar refractivity (Wildman–Crippen MR) is 94.6 cm³/mol. The molecule has 2 N–H and O–H groups in total. The van der Waals surface area contributed by atoms with Gasteiger partial charge in [-0.3, -0.25) is 4.79 Å². The maximum absolute atomic E-state index is 12.3. The van der Waals surface area contributed by atoms with Gasteiger partial charge in [0.05, 0.1) is 24.5 Å². The fourth-order valence-electron chi connectivity index (χ4n) is 3.36. The van der Waals surface area contributed by atoms with Crippen LogP contribution < -0.4 is 5.32 Å². The molecule has 7 heteroatoms. The van der Waals surface area contributed by atoms with E-state index in [4.69, 9.17) is 4.74 Å². The molecule has 0 radical (unpaired) electrons. The third-order valence-electron chi connectivity index (χ3n) is 4.79. The Labute approximate surface area is 147 Å². The summed E-state index contributed by atoms with van der Waals surface area (Å²) < 4.78 is 5.27. The maximum atomic E-state index is 12.3. The van der Waals surface area contributed by atoms with E-state index in [-0.39, 0.29) is 18.2 Å². The highest BCUT2D eigenvalue weighted by atomic mass is 32.1. The van der Waals surface area contributed by atoms with Crippen LogP contribution in [0.15, 0.2) is 0 Å². The monoisotopic (exact) mass is 353 g/mol. The van der Waals surface area contributed by atoms with Crippen molar-refractivity contribution in [2.24, 2.45) is 0 Å². The van der Waals surface area contributed by atoms with E-state index in [0.717, 1.165) is 18.0 Å². The molecule has 24 heavy (non-hydrogen) atoms. The van der Waals surface area contributed by atoms with E-state index < -0.39 is 0 Å². The van der Waals surface area contributed by atoms with Crippen LogP contribution in [0.2, 0.25) is 0 Å². The Kier molecular flexibility index (Phi) is 6.31. The van der Waals surface area contributed by atoms with Gasteiger partial charge >= 0.3 is 0 Å². The number of hydrogen-bond donors (Lipinski definition) is 2. The third-order valence-corrected chi connectivity index (χ3v) is 5.76. The van der Waals surface area contributed by atoms with E-state index in [1.54, 1.807) is 4.90 Å². The Morgan fingerprint density at radius 3 is 2.58 bits per heavy atom. The molecule has 1 aromatic heterocycles. The van der Waals surface area contributed by atoms with Crippen molar-refractivity contribution >= 4 is 22.4 Å². The Morgan fingerprint density at radius 2 is 1.88 bits per heavy atom. The zero-order chi connectivity index (χ0) is 16.8. The highest BCUT2D eigenvalue weighted by Crippen LogP contribution is 2.31. The molecular formula is C17H27N3O3S. The lowest BCUT2D eigenvalue weighted by atomic mass is 9.97. The van der Waals surface area contributed by atoms with Crippen LogP contribution in [-0.2, 0) is 16.0 Å². The normalized spacial score (nSPS) is 20.4. The summed E-state index contributed by atoms with van der Waals surface area (Å²) in [6.45, 7) is 2.45. The number of hydrogen-bond acceptors (Lipinski definition) is 6. The summed E-state index contributed by atoms with van der Waals surface area (Å²) in [4.78, 5) is 19.0. The smallest absolute Gasteiger partial charge is 0.228 e. The van der Waals surface area contributed by atoms with Crippen LogP contribution >= 0.6 is 11.3 Å². The lowest BCUT2D eigenvalue weighted by Gasteiger charge is -2.26. The van der Waals surface area contributed by atoms with Gasteiger partial charge in [-0.25, -0.2) is 0 Å². The minimum Gasteiger partial charge on any atom is -0.492 e. The second-order valence-corrected chi connectivity index (χ2v) is 7.71. The average molecular weight is 353 g/mol. The van der Waals surface area contributed by atoms with Crippen LogP contribution in [0.1, 0.15) is 49.8 Å². The highest BCUT2D eigenvalue weighted by molar-refractivity contribution is 7.16. The van der Waals surface area contributed by atoms with Crippen LogP contribution in [-0.4, -0.2) is 53.2 Å². The summed E-state index contributed by atoms with van der Waals surface area (Å²) in [5.41, 5.74) is 0. The van der Waals surface area contributed by atoms with E-state index in [1.807, 2.05) is 0 Å². The number of morpholine rings is 1. The van der Waals surface area contributed by atoms with Gasteiger partial charge in [-0.15, -0.1) is 0 Å². The van der Waals surface area contributed by atoms with Crippen LogP contribution in [0, 0.1) is 0 Å². The number of amides is 1. The number of ether oxygens (including phenoxy) is 1. The molecule has 1 saturated carbocycles. The number of nitrogens with one attached hydrogen (secondary N) is 1. The highest BCUT2D eigenvalue weighted by Gasteiger charge is 2.21. The lowest BCUT2D eigenvalue weighted by molar-refractivity contribution is -0.134. The van der Waals surface area contributed by atoms with E-state index in [0.29, 0.717) is 37.2 Å². The van der Waals surface area contributed by atoms with Gasteiger partial charge in [-0.05, 0) is 12.8 Å². The number of aromatic hydroxyl groups is 1. The zero-order valence-corrected chi connectivity index (χ0v) is 14.9. The van der Waals surface area contributed by atoms with Crippen molar-refractivity contribution in [3.63, 3.8) is 0 Å². The van der Waals surface area contributed by atoms with Crippen LogP contribution in [0.25, 0.3) is 0 Å². The first-order valence-corrected chi connectivity index (χ1v) is 9.85. The van der Waals surface area contributed by atoms with E-state index >= 15 is 0 Å². The second-order valence-electron chi connectivity index (χ2n) is 6.62. The van der Waals surface area contributed by atoms with Crippen molar-refractivity contribution in [3.8, 4) is 5.88 Å². The standard InChI is InChI=1S/C17H27N3O3S/c21-15(20-8-10-23-11-9-20)12-14-16(22)19-17(24-14)18-13-6-4-2-1-3-5-7-13/h13,22H,1-12H2,(H,18,19). The Balaban J connectivity index is 1.56. The van der Waals surface area contributed by atoms with Crippen molar-refractivity contribution in [2.75, 3.05) is 31.6 Å². The van der Waals surface area contributed by atoms with Gasteiger partial charge in [0.25, 0.3) is 0 Å². The molecule has 0 atom stereocenters. The first kappa shape index (κ1) is 17.5. The number of carbonyl (C=O) groups excluding carboxylic acids is 1. The van der Waals surface area contributed by atoms with Crippen molar-refractivity contribution in [1.82, 2.24) is 9.88 Å². The van der Waals surface area contributed by atoms with E-state index in [9.17, 15) is 9.90 Å². The fourth-order valence-corrected chi connectivity index (χ4v) is 4.28. The maximum Gasteiger partial charge on any atom is 0.228 e. The molecule has 1 saturated heterocycles. The molecule has 3 rings (SSSR count). The molecule has 2 heterocycles. The van der Waals surface area contributed by atoms with Crippen LogP contribution in [0.3, 0.4) is 0 Å². The number of nitrogens with zero attached hydrogens (tertiary/aromatic N) is 2. The molecule has 6 nitrogen and oxygen atoms in total. The Hall–Kier alpha value is -1.34. The first-order chi connectivity index (χ1) is 11.7.